The average molecular weight is 694 g/mol. The molecule has 0 bridgehead atoms. The predicted molar refractivity (Wildman–Crippen MR) is 188 cm³/mol. The van der Waals surface area contributed by atoms with Gasteiger partial charge in [0.25, 0.3) is 0 Å². The van der Waals surface area contributed by atoms with Gasteiger partial charge in [0.2, 0.25) is 0 Å². The van der Waals surface area contributed by atoms with Crippen molar-refractivity contribution in [2.24, 2.45) is 10.9 Å². The summed E-state index contributed by atoms with van der Waals surface area (Å²) in [5.41, 5.74) is 8.46. The molecule has 1 aliphatic rings. The first-order valence-electron chi connectivity index (χ1n) is 15.5. The van der Waals surface area contributed by atoms with Crippen LogP contribution in [-0.4, -0.2) is 35.5 Å². The van der Waals surface area contributed by atoms with Crippen molar-refractivity contribution in [2.75, 3.05) is 13.2 Å². The van der Waals surface area contributed by atoms with Crippen molar-refractivity contribution in [2.45, 2.75) is 33.1 Å². The zero-order chi connectivity index (χ0) is 34.2. The number of fused-ring (bicyclic) bond motifs is 1. The van der Waals surface area contributed by atoms with Crippen molar-refractivity contribution in [3.8, 4) is 40.2 Å². The fourth-order valence-electron chi connectivity index (χ4n) is 5.40. The highest BCUT2D eigenvalue weighted by atomic mass is 35.5. The number of aliphatic carboxylic acids is 1. The highest BCUT2D eigenvalue weighted by molar-refractivity contribution is 7.07. The molecule has 0 spiro atoms. The lowest BCUT2D eigenvalue weighted by molar-refractivity contribution is -0.139. The molecule has 0 fully saturated rings. The van der Waals surface area contributed by atoms with E-state index < -0.39 is 11.9 Å². The van der Waals surface area contributed by atoms with Gasteiger partial charge in [-0.25, -0.2) is 4.98 Å². The Hall–Kier alpha value is -5.37. The number of thiazole rings is 1. The number of nitriles is 1. The van der Waals surface area contributed by atoms with E-state index >= 15 is 0 Å². The van der Waals surface area contributed by atoms with Crippen LogP contribution in [0, 0.1) is 24.2 Å². The summed E-state index contributed by atoms with van der Waals surface area (Å²) in [6.45, 7) is 3.67. The first kappa shape index (κ1) is 33.5. The number of hydrogen-bond acceptors (Lipinski definition) is 9. The van der Waals surface area contributed by atoms with E-state index in [1.54, 1.807) is 35.8 Å². The number of aromatic nitrogens is 1. The van der Waals surface area contributed by atoms with Gasteiger partial charge in [-0.1, -0.05) is 48.0 Å². The highest BCUT2D eigenvalue weighted by Gasteiger charge is 2.18. The minimum Gasteiger partial charge on any atom is -0.488 e. The lowest BCUT2D eigenvalue weighted by Crippen LogP contribution is -2.18. The van der Waals surface area contributed by atoms with Crippen LogP contribution in [0.1, 0.15) is 33.5 Å². The van der Waals surface area contributed by atoms with Gasteiger partial charge in [0.15, 0.2) is 11.5 Å². The lowest BCUT2D eigenvalue weighted by Gasteiger charge is -2.20. The summed E-state index contributed by atoms with van der Waals surface area (Å²) in [6.07, 6.45) is 1.67. The first-order chi connectivity index (χ1) is 23.9. The topological polar surface area (TPSA) is 123 Å². The van der Waals surface area contributed by atoms with E-state index in [4.69, 9.17) is 30.5 Å². The number of carbonyl (C=O) groups is 1. The minimum absolute atomic E-state index is 0.130. The van der Waals surface area contributed by atoms with E-state index in [1.807, 2.05) is 41.8 Å². The number of halogens is 1. The van der Waals surface area contributed by atoms with Gasteiger partial charge >= 0.3 is 5.97 Å². The number of carboxylic acids is 1. The fourth-order valence-corrected chi connectivity index (χ4v) is 6.21. The Morgan fingerprint density at radius 2 is 1.86 bits per heavy atom. The molecule has 0 saturated heterocycles. The molecule has 4 aromatic carbocycles. The quantitative estimate of drug-likeness (QED) is 0.123. The van der Waals surface area contributed by atoms with Gasteiger partial charge < -0.3 is 24.1 Å². The normalized spacial score (nSPS) is 12.8. The Morgan fingerprint density at radius 1 is 1.04 bits per heavy atom. The van der Waals surface area contributed by atoms with Crippen molar-refractivity contribution in [3.63, 3.8) is 0 Å². The molecule has 5 aromatic rings. The third-order valence-electron chi connectivity index (χ3n) is 8.02. The zero-order valence-electron chi connectivity index (χ0n) is 26.6. The Morgan fingerprint density at radius 3 is 2.65 bits per heavy atom. The van der Waals surface area contributed by atoms with E-state index in [0.29, 0.717) is 46.6 Å². The van der Waals surface area contributed by atoms with E-state index in [2.05, 4.69) is 29.0 Å². The second-order valence-corrected chi connectivity index (χ2v) is 12.5. The maximum atomic E-state index is 11.9. The second kappa shape index (κ2) is 15.7. The Balaban J connectivity index is 1.23. The molecule has 1 aromatic heterocycles. The van der Waals surface area contributed by atoms with Gasteiger partial charge in [-0.2, -0.15) is 5.26 Å². The number of benzene rings is 4. The fraction of sp³-hybridized carbons (Fsp3) is 0.211. The largest absolute Gasteiger partial charge is 0.488 e. The van der Waals surface area contributed by atoms with Crippen LogP contribution in [0.4, 0.5) is 0 Å². The van der Waals surface area contributed by atoms with Gasteiger partial charge in [0.1, 0.15) is 37.9 Å². The second-order valence-electron chi connectivity index (χ2n) is 11.3. The van der Waals surface area contributed by atoms with Gasteiger partial charge in [-0.3, -0.25) is 9.79 Å². The number of ether oxygens (including phenoxy) is 4. The van der Waals surface area contributed by atoms with E-state index in [1.165, 1.54) is 17.6 Å². The van der Waals surface area contributed by atoms with Gasteiger partial charge in [-0.15, -0.1) is 11.3 Å². The molecule has 2 heterocycles. The number of hydrogen-bond donors (Lipinski definition) is 1. The minimum atomic E-state index is -0.985. The predicted octanol–water partition coefficient (Wildman–Crippen LogP) is 8.09. The molecular weight excluding hydrogens is 662 g/mol. The molecule has 0 amide bonds. The molecule has 248 valence electrons. The van der Waals surface area contributed by atoms with Crippen molar-refractivity contribution < 1.29 is 28.8 Å². The SMILES string of the molecule is Cc1c(COc2cc(OCc3cccc(C#N)c3)c(CN=CC(Cc3cscn3)C(=O)O)cc2Cl)cccc1-c1ccc2c(c1)OCCO2. The van der Waals surface area contributed by atoms with Gasteiger partial charge in [0, 0.05) is 29.6 Å². The summed E-state index contributed by atoms with van der Waals surface area (Å²) in [7, 11) is 0. The smallest absolute Gasteiger partial charge is 0.312 e. The Kier molecular flexibility index (Phi) is 10.7. The number of nitrogens with zero attached hydrogens (tertiary/aromatic N) is 3. The van der Waals surface area contributed by atoms with Crippen LogP contribution >= 0.6 is 22.9 Å². The molecular formula is C38H32ClN3O6S. The molecule has 1 atom stereocenters. The molecule has 1 N–H and O–H groups in total. The Bertz CT molecular complexity index is 2020. The van der Waals surface area contributed by atoms with Gasteiger partial charge in [0.05, 0.1) is 40.3 Å². The summed E-state index contributed by atoms with van der Waals surface area (Å²) in [6, 6.07) is 24.8. The number of aliphatic imine (C=N–C) groups is 1. The van der Waals surface area contributed by atoms with Crippen molar-refractivity contribution in [1.82, 2.24) is 4.98 Å². The summed E-state index contributed by atoms with van der Waals surface area (Å²) in [5.74, 6) is 0.549. The average Bonchev–Trinajstić information content (AvgIpc) is 3.64. The van der Waals surface area contributed by atoms with Crippen LogP contribution < -0.4 is 18.9 Å². The summed E-state index contributed by atoms with van der Waals surface area (Å²) in [5, 5.41) is 21.3. The lowest BCUT2D eigenvalue weighted by atomic mass is 9.96. The monoisotopic (exact) mass is 693 g/mol. The molecule has 0 aliphatic carbocycles. The standard InChI is InChI=1S/C38H32ClN3O6S/c1-24-28(6-3-7-32(24)27-8-9-34-37(15-27)46-11-10-45-34)21-48-36-16-35(47-20-26-5-2-4-25(12-26)17-40)29(14-33(36)39)18-41-19-30(38(43)44)13-31-22-49-23-42-31/h2-9,12,14-16,19,22-23,30H,10-11,13,18,20-21H2,1H3,(H,43,44). The van der Waals surface area contributed by atoms with Crippen LogP contribution in [0.25, 0.3) is 11.1 Å². The molecule has 1 unspecified atom stereocenters. The third-order valence-corrected chi connectivity index (χ3v) is 8.96. The zero-order valence-corrected chi connectivity index (χ0v) is 28.2. The van der Waals surface area contributed by atoms with Crippen molar-refractivity contribution >= 4 is 35.1 Å². The van der Waals surface area contributed by atoms with Gasteiger partial charge in [-0.05, 0) is 65.1 Å². The third kappa shape index (κ3) is 8.38. The molecule has 6 rings (SSSR count). The maximum Gasteiger partial charge on any atom is 0.312 e. The molecule has 49 heavy (non-hydrogen) atoms. The number of rotatable bonds is 13. The van der Waals surface area contributed by atoms with Crippen LogP contribution in [0.3, 0.4) is 0 Å². The maximum absolute atomic E-state index is 11.9. The molecule has 9 nitrogen and oxygen atoms in total. The van der Waals surface area contributed by atoms with Crippen molar-refractivity contribution in [1.29, 1.82) is 5.26 Å². The van der Waals surface area contributed by atoms with E-state index in [-0.39, 0.29) is 26.2 Å². The van der Waals surface area contributed by atoms with Crippen LogP contribution in [0.5, 0.6) is 23.0 Å². The molecule has 0 saturated carbocycles. The summed E-state index contributed by atoms with van der Waals surface area (Å²) in [4.78, 5) is 20.6. The van der Waals surface area contributed by atoms with Crippen molar-refractivity contribution in [3.05, 3.63) is 122 Å². The van der Waals surface area contributed by atoms with Crippen LogP contribution in [0.2, 0.25) is 5.02 Å². The summed E-state index contributed by atoms with van der Waals surface area (Å²) >= 11 is 8.16. The van der Waals surface area contributed by atoms with E-state index in [9.17, 15) is 15.2 Å². The van der Waals surface area contributed by atoms with Crippen LogP contribution in [-0.2, 0) is 31.0 Å². The molecule has 11 heteroatoms. The molecule has 0 radical (unpaired) electrons. The first-order valence-corrected chi connectivity index (χ1v) is 16.9. The highest BCUT2D eigenvalue weighted by Crippen LogP contribution is 2.37. The summed E-state index contributed by atoms with van der Waals surface area (Å²) < 4.78 is 24.0. The number of carboxylic acid groups (broad SMARTS) is 1. The van der Waals surface area contributed by atoms with Crippen LogP contribution in [0.15, 0.2) is 88.7 Å². The molecule has 1 aliphatic heterocycles. The Labute approximate surface area is 293 Å². The van der Waals surface area contributed by atoms with E-state index in [0.717, 1.165) is 39.3 Å².